The summed E-state index contributed by atoms with van der Waals surface area (Å²) in [6.07, 6.45) is 3.47. The first-order chi connectivity index (χ1) is 7.04. The summed E-state index contributed by atoms with van der Waals surface area (Å²) in [5.41, 5.74) is 0.850. The number of hydrogen-bond donors (Lipinski definition) is 0. The smallest absolute Gasteiger partial charge is 0.323 e. The van der Waals surface area contributed by atoms with Crippen LogP contribution >= 0.6 is 0 Å². The summed E-state index contributed by atoms with van der Waals surface area (Å²) in [6.45, 7) is 9.73. The van der Waals surface area contributed by atoms with E-state index in [0.717, 1.165) is 18.5 Å². The summed E-state index contributed by atoms with van der Waals surface area (Å²) in [4.78, 5) is 15.1. The molecule has 3 nitrogen and oxygen atoms in total. The van der Waals surface area contributed by atoms with E-state index >= 15 is 0 Å². The second-order valence-electron chi connectivity index (χ2n) is 3.87. The van der Waals surface area contributed by atoms with E-state index in [1.807, 2.05) is 25.7 Å². The van der Waals surface area contributed by atoms with Gasteiger partial charge in [0.1, 0.15) is 0 Å². The van der Waals surface area contributed by atoms with Gasteiger partial charge >= 0.3 is 6.03 Å². The fourth-order valence-corrected chi connectivity index (χ4v) is 1.49. The van der Waals surface area contributed by atoms with Crippen LogP contribution in [-0.2, 0) is 0 Å². The first-order valence-corrected chi connectivity index (χ1v) is 5.70. The highest BCUT2D eigenvalue weighted by molar-refractivity contribution is 5.76. The maximum atomic E-state index is 11.7. The molecule has 3 heteroatoms. The lowest BCUT2D eigenvalue weighted by Crippen LogP contribution is -2.47. The molecular formula is C12H24N2O. The van der Waals surface area contributed by atoms with Gasteiger partial charge < -0.3 is 4.90 Å². The molecule has 0 radical (unpaired) electrons. The molecule has 1 saturated carbocycles. The van der Waals surface area contributed by atoms with E-state index in [4.69, 9.17) is 0 Å². The number of hydrogen-bond acceptors (Lipinski definition) is 1. The Morgan fingerprint density at radius 2 is 1.73 bits per heavy atom. The Morgan fingerprint density at radius 1 is 1.27 bits per heavy atom. The quantitative estimate of drug-likeness (QED) is 0.690. The van der Waals surface area contributed by atoms with Gasteiger partial charge in [0, 0.05) is 25.8 Å². The normalized spacial score (nSPS) is 14.5. The molecule has 1 aliphatic carbocycles. The number of allylic oxidation sites excluding steroid dienone is 1. The SMILES string of the molecule is C=C(C)N(C(=O)N(C)C)C1CCC1.CC. The van der Waals surface area contributed by atoms with Gasteiger partial charge in [-0.3, -0.25) is 4.90 Å². The summed E-state index contributed by atoms with van der Waals surface area (Å²) in [5.74, 6) is 0. The zero-order chi connectivity index (χ0) is 12.0. The Bertz CT molecular complexity index is 220. The van der Waals surface area contributed by atoms with Crippen molar-refractivity contribution >= 4 is 6.03 Å². The Balaban J connectivity index is 0.000000921. The minimum absolute atomic E-state index is 0.0530. The Morgan fingerprint density at radius 3 is 1.93 bits per heavy atom. The van der Waals surface area contributed by atoms with Crippen molar-refractivity contribution < 1.29 is 4.79 Å². The molecule has 0 aromatic rings. The summed E-state index contributed by atoms with van der Waals surface area (Å²) in [6, 6.07) is 0.449. The molecule has 2 amide bonds. The van der Waals surface area contributed by atoms with Crippen LogP contribution in [-0.4, -0.2) is 36.0 Å². The van der Waals surface area contributed by atoms with Crippen LogP contribution in [0.15, 0.2) is 12.3 Å². The van der Waals surface area contributed by atoms with Gasteiger partial charge in [-0.2, -0.15) is 0 Å². The molecule has 1 aliphatic rings. The van der Waals surface area contributed by atoms with Gasteiger partial charge in [0.2, 0.25) is 0 Å². The topological polar surface area (TPSA) is 23.6 Å². The molecule has 0 aromatic carbocycles. The summed E-state index contributed by atoms with van der Waals surface area (Å²) < 4.78 is 0. The van der Waals surface area contributed by atoms with Crippen molar-refractivity contribution in [1.29, 1.82) is 0 Å². The van der Waals surface area contributed by atoms with Crippen LogP contribution in [0.4, 0.5) is 4.79 Å². The molecule has 0 atom stereocenters. The standard InChI is InChI=1S/C10H18N2O.C2H6/c1-8(2)12(9-6-5-7-9)10(13)11(3)4;1-2/h9H,1,5-7H2,2-4H3;1-2H3. The summed E-state index contributed by atoms with van der Waals surface area (Å²) >= 11 is 0. The lowest BCUT2D eigenvalue weighted by atomic mass is 9.91. The highest BCUT2D eigenvalue weighted by atomic mass is 16.2. The fourth-order valence-electron chi connectivity index (χ4n) is 1.49. The number of rotatable bonds is 2. The van der Waals surface area contributed by atoms with Crippen molar-refractivity contribution in [1.82, 2.24) is 9.80 Å². The lowest BCUT2D eigenvalue weighted by molar-refractivity contribution is 0.141. The third-order valence-electron chi connectivity index (χ3n) is 2.44. The predicted molar refractivity (Wildman–Crippen MR) is 64.7 cm³/mol. The maximum Gasteiger partial charge on any atom is 0.323 e. The number of amides is 2. The zero-order valence-corrected chi connectivity index (χ0v) is 10.7. The molecule has 0 aromatic heterocycles. The summed E-state index contributed by atoms with van der Waals surface area (Å²) in [5, 5.41) is 0. The van der Waals surface area contributed by atoms with E-state index in [0.29, 0.717) is 6.04 Å². The Hall–Kier alpha value is -0.990. The van der Waals surface area contributed by atoms with Crippen molar-refractivity contribution in [3.05, 3.63) is 12.3 Å². The van der Waals surface area contributed by atoms with Crippen LogP contribution in [0.3, 0.4) is 0 Å². The van der Waals surface area contributed by atoms with Crippen LogP contribution in [0.25, 0.3) is 0 Å². The number of urea groups is 1. The van der Waals surface area contributed by atoms with E-state index in [1.54, 1.807) is 19.0 Å². The molecule has 1 fully saturated rings. The van der Waals surface area contributed by atoms with Gasteiger partial charge in [0.25, 0.3) is 0 Å². The molecule has 88 valence electrons. The molecular weight excluding hydrogens is 188 g/mol. The van der Waals surface area contributed by atoms with Gasteiger partial charge in [-0.25, -0.2) is 4.79 Å². The zero-order valence-electron chi connectivity index (χ0n) is 10.7. The van der Waals surface area contributed by atoms with E-state index < -0.39 is 0 Å². The second kappa shape index (κ2) is 6.49. The fraction of sp³-hybridized carbons (Fsp3) is 0.750. The largest absolute Gasteiger partial charge is 0.330 e. The molecule has 0 saturated heterocycles. The molecule has 0 bridgehead atoms. The Kier molecular flexibility index (Phi) is 6.06. The van der Waals surface area contributed by atoms with Crippen molar-refractivity contribution in [3.63, 3.8) is 0 Å². The maximum absolute atomic E-state index is 11.7. The minimum Gasteiger partial charge on any atom is -0.330 e. The Labute approximate surface area is 93.7 Å². The van der Waals surface area contributed by atoms with Crippen LogP contribution in [0.1, 0.15) is 40.0 Å². The van der Waals surface area contributed by atoms with E-state index in [-0.39, 0.29) is 6.03 Å². The second-order valence-corrected chi connectivity index (χ2v) is 3.87. The summed E-state index contributed by atoms with van der Waals surface area (Å²) in [7, 11) is 3.55. The monoisotopic (exact) mass is 212 g/mol. The third-order valence-corrected chi connectivity index (χ3v) is 2.44. The molecule has 0 aliphatic heterocycles. The molecule has 0 N–H and O–H groups in total. The van der Waals surface area contributed by atoms with Crippen molar-refractivity contribution in [2.24, 2.45) is 0 Å². The molecule has 0 unspecified atom stereocenters. The first-order valence-electron chi connectivity index (χ1n) is 5.70. The predicted octanol–water partition coefficient (Wildman–Crippen LogP) is 3.08. The van der Waals surface area contributed by atoms with Crippen molar-refractivity contribution in [3.8, 4) is 0 Å². The molecule has 0 spiro atoms. The van der Waals surface area contributed by atoms with Crippen LogP contribution in [0.5, 0.6) is 0 Å². The lowest BCUT2D eigenvalue weighted by Gasteiger charge is -2.38. The van der Waals surface area contributed by atoms with E-state index in [9.17, 15) is 4.79 Å². The van der Waals surface area contributed by atoms with Crippen LogP contribution in [0.2, 0.25) is 0 Å². The minimum atomic E-state index is 0.0530. The number of carbonyl (C=O) groups is 1. The molecule has 1 rings (SSSR count). The van der Waals surface area contributed by atoms with E-state index in [1.165, 1.54) is 6.42 Å². The van der Waals surface area contributed by atoms with Gasteiger partial charge in [0.15, 0.2) is 0 Å². The molecule has 0 heterocycles. The van der Waals surface area contributed by atoms with Gasteiger partial charge in [0.05, 0.1) is 0 Å². The first kappa shape index (κ1) is 14.0. The van der Waals surface area contributed by atoms with Crippen LogP contribution < -0.4 is 0 Å². The highest BCUT2D eigenvalue weighted by Gasteiger charge is 2.29. The van der Waals surface area contributed by atoms with Gasteiger partial charge in [-0.05, 0) is 26.2 Å². The average molecular weight is 212 g/mol. The van der Waals surface area contributed by atoms with E-state index in [2.05, 4.69) is 6.58 Å². The molecule has 15 heavy (non-hydrogen) atoms. The van der Waals surface area contributed by atoms with Crippen LogP contribution in [0, 0.1) is 0 Å². The van der Waals surface area contributed by atoms with Gasteiger partial charge in [-0.1, -0.05) is 20.4 Å². The van der Waals surface area contributed by atoms with Crippen molar-refractivity contribution in [2.75, 3.05) is 14.1 Å². The number of nitrogens with zero attached hydrogens (tertiary/aromatic N) is 2. The van der Waals surface area contributed by atoms with Crippen molar-refractivity contribution in [2.45, 2.75) is 46.1 Å². The highest BCUT2D eigenvalue weighted by Crippen LogP contribution is 2.27. The average Bonchev–Trinajstić information content (AvgIpc) is 2.12. The number of carbonyl (C=O) groups excluding carboxylic acids is 1. The van der Waals surface area contributed by atoms with Gasteiger partial charge in [-0.15, -0.1) is 0 Å². The third kappa shape index (κ3) is 3.57.